The van der Waals surface area contributed by atoms with Crippen LogP contribution in [0.3, 0.4) is 0 Å². The molecule has 4 heterocycles. The van der Waals surface area contributed by atoms with Crippen LogP contribution in [-0.2, 0) is 39.2 Å². The fourth-order valence-corrected chi connectivity index (χ4v) is 6.00. The SMILES string of the molecule is CC1(C)O[C@@H]2[C@H](O1)[C@@H](COP1(=O)OCc3cc(NC(=O)[C@@H](N)CCCCN)ccc3O1)O[C@H]2n1cnc(C(N)=O)n1. The Kier molecular flexibility index (Phi) is 8.46. The van der Waals surface area contributed by atoms with E-state index in [0.717, 1.165) is 12.8 Å². The molecule has 1 aromatic heterocycles. The summed E-state index contributed by atoms with van der Waals surface area (Å²) in [5.74, 6) is -1.94. The molecule has 224 valence electrons. The summed E-state index contributed by atoms with van der Waals surface area (Å²) < 4.78 is 49.4. The number of hydrogen-bond acceptors (Lipinski definition) is 13. The van der Waals surface area contributed by atoms with Gasteiger partial charge in [0.05, 0.1) is 19.3 Å². The molecular formula is C24H34N7O9P. The number of carbonyl (C=O) groups excluding carboxylic acids is 2. The Morgan fingerprint density at radius 1 is 1.27 bits per heavy atom. The number of primary amides is 1. The maximum Gasteiger partial charge on any atom is 0.530 e. The third-order valence-electron chi connectivity index (χ3n) is 6.73. The fourth-order valence-electron chi connectivity index (χ4n) is 4.77. The lowest BCUT2D eigenvalue weighted by Gasteiger charge is -2.27. The molecule has 2 amide bonds. The van der Waals surface area contributed by atoms with Crippen LogP contribution in [0.15, 0.2) is 24.5 Å². The normalized spacial score (nSPS) is 28.9. The Hall–Kier alpha value is -2.95. The molecule has 41 heavy (non-hydrogen) atoms. The Balaban J connectivity index is 1.21. The van der Waals surface area contributed by atoms with E-state index in [-0.39, 0.29) is 30.7 Å². The number of nitrogens with one attached hydrogen (secondary N) is 1. The number of amides is 2. The van der Waals surface area contributed by atoms with Crippen molar-refractivity contribution in [2.24, 2.45) is 17.2 Å². The lowest BCUT2D eigenvalue weighted by molar-refractivity contribution is -0.201. The summed E-state index contributed by atoms with van der Waals surface area (Å²) in [5, 5.41) is 6.83. The number of fused-ring (bicyclic) bond motifs is 2. The minimum atomic E-state index is -4.03. The van der Waals surface area contributed by atoms with Crippen LogP contribution in [0.2, 0.25) is 0 Å². The zero-order valence-electron chi connectivity index (χ0n) is 22.6. The smallest absolute Gasteiger partial charge is 0.404 e. The van der Waals surface area contributed by atoms with E-state index in [1.54, 1.807) is 32.0 Å². The molecule has 1 unspecified atom stereocenters. The van der Waals surface area contributed by atoms with Gasteiger partial charge >= 0.3 is 7.82 Å². The number of benzene rings is 1. The molecular weight excluding hydrogens is 561 g/mol. The first kappa shape index (κ1) is 29.5. The number of nitrogens with zero attached hydrogens (tertiary/aromatic N) is 3. The molecule has 0 bridgehead atoms. The second-order valence-corrected chi connectivity index (χ2v) is 11.9. The molecule has 2 saturated heterocycles. The molecule has 6 atom stereocenters. The van der Waals surface area contributed by atoms with Crippen molar-refractivity contribution < 1.29 is 41.9 Å². The molecule has 7 N–H and O–H groups in total. The molecule has 3 aliphatic heterocycles. The van der Waals surface area contributed by atoms with Crippen molar-refractivity contribution in [3.05, 3.63) is 35.9 Å². The van der Waals surface area contributed by atoms with E-state index >= 15 is 0 Å². The first-order chi connectivity index (χ1) is 19.5. The molecule has 0 spiro atoms. The average molecular weight is 596 g/mol. The lowest BCUT2D eigenvalue weighted by Crippen LogP contribution is -2.35. The second-order valence-electron chi connectivity index (χ2n) is 10.4. The number of anilines is 1. The predicted molar refractivity (Wildman–Crippen MR) is 141 cm³/mol. The van der Waals surface area contributed by atoms with Crippen molar-refractivity contribution >= 4 is 25.3 Å². The minimum Gasteiger partial charge on any atom is -0.404 e. The third-order valence-corrected chi connectivity index (χ3v) is 8.07. The van der Waals surface area contributed by atoms with Crippen molar-refractivity contribution in [2.75, 3.05) is 18.5 Å². The number of hydrogen-bond donors (Lipinski definition) is 4. The van der Waals surface area contributed by atoms with Gasteiger partial charge in [0, 0.05) is 11.3 Å². The van der Waals surface area contributed by atoms with Crippen molar-refractivity contribution in [1.82, 2.24) is 14.8 Å². The van der Waals surface area contributed by atoms with Gasteiger partial charge in [0.2, 0.25) is 11.7 Å². The van der Waals surface area contributed by atoms with E-state index in [1.165, 1.54) is 11.0 Å². The number of aromatic nitrogens is 3. The van der Waals surface area contributed by atoms with Crippen LogP contribution in [0, 0.1) is 0 Å². The van der Waals surface area contributed by atoms with E-state index in [4.69, 9.17) is 45.0 Å². The van der Waals surface area contributed by atoms with Crippen LogP contribution in [0.4, 0.5) is 5.69 Å². The Morgan fingerprint density at radius 3 is 2.78 bits per heavy atom. The summed E-state index contributed by atoms with van der Waals surface area (Å²) in [6.07, 6.45) is 0.573. The molecule has 0 radical (unpaired) electrons. The van der Waals surface area contributed by atoms with Crippen molar-refractivity contribution in [3.63, 3.8) is 0 Å². The summed E-state index contributed by atoms with van der Waals surface area (Å²) >= 11 is 0. The summed E-state index contributed by atoms with van der Waals surface area (Å²) in [4.78, 5) is 27.7. The van der Waals surface area contributed by atoms with Crippen LogP contribution in [0.25, 0.3) is 0 Å². The van der Waals surface area contributed by atoms with Crippen LogP contribution in [-0.4, -0.2) is 69.9 Å². The van der Waals surface area contributed by atoms with Gasteiger partial charge in [0.1, 0.15) is 30.4 Å². The maximum absolute atomic E-state index is 13.3. The van der Waals surface area contributed by atoms with Gasteiger partial charge in [-0.25, -0.2) is 14.2 Å². The van der Waals surface area contributed by atoms with Gasteiger partial charge in [0.25, 0.3) is 5.91 Å². The zero-order chi connectivity index (χ0) is 29.4. The monoisotopic (exact) mass is 595 g/mol. The van der Waals surface area contributed by atoms with Crippen LogP contribution >= 0.6 is 7.82 Å². The van der Waals surface area contributed by atoms with Gasteiger partial charge in [-0.05, 0) is 51.4 Å². The number of rotatable bonds is 11. The van der Waals surface area contributed by atoms with E-state index in [0.29, 0.717) is 24.2 Å². The van der Waals surface area contributed by atoms with Crippen molar-refractivity contribution in [2.45, 2.75) is 76.1 Å². The van der Waals surface area contributed by atoms with E-state index in [1.807, 2.05) is 0 Å². The third kappa shape index (κ3) is 6.60. The zero-order valence-corrected chi connectivity index (χ0v) is 23.5. The van der Waals surface area contributed by atoms with Gasteiger partial charge in [-0.1, -0.05) is 6.42 Å². The number of phosphoric acid groups is 1. The average Bonchev–Trinajstić information content (AvgIpc) is 3.61. The topological polar surface area (TPSA) is 227 Å². The summed E-state index contributed by atoms with van der Waals surface area (Å²) in [5.41, 5.74) is 17.8. The van der Waals surface area contributed by atoms with Gasteiger partial charge in [-0.2, -0.15) is 0 Å². The highest BCUT2D eigenvalue weighted by molar-refractivity contribution is 7.49. The first-order valence-corrected chi connectivity index (χ1v) is 14.6. The molecule has 0 aliphatic carbocycles. The summed E-state index contributed by atoms with van der Waals surface area (Å²) in [6, 6.07) is 4.17. The largest absolute Gasteiger partial charge is 0.530 e. The number of nitrogens with two attached hydrogens (primary N) is 3. The first-order valence-electron chi connectivity index (χ1n) is 13.2. The second kappa shape index (κ2) is 11.7. The molecule has 0 saturated carbocycles. The molecule has 2 aromatic rings. The molecule has 1 aromatic carbocycles. The van der Waals surface area contributed by atoms with E-state index < -0.39 is 50.1 Å². The molecule has 2 fully saturated rings. The number of phosphoric ester groups is 1. The lowest BCUT2D eigenvalue weighted by atomic mass is 10.1. The van der Waals surface area contributed by atoms with Gasteiger partial charge in [-0.15, -0.1) is 5.10 Å². The summed E-state index contributed by atoms with van der Waals surface area (Å²) in [6.45, 7) is 3.73. The predicted octanol–water partition coefficient (Wildman–Crippen LogP) is 0.923. The Labute approximate surface area is 235 Å². The van der Waals surface area contributed by atoms with E-state index in [2.05, 4.69) is 15.4 Å². The van der Waals surface area contributed by atoms with Crippen LogP contribution in [0.1, 0.15) is 55.5 Å². The number of ether oxygens (including phenoxy) is 3. The van der Waals surface area contributed by atoms with Gasteiger partial charge < -0.3 is 41.3 Å². The Bertz CT molecular complexity index is 1340. The van der Waals surface area contributed by atoms with Gasteiger partial charge in [-0.3, -0.25) is 18.6 Å². The number of unbranched alkanes of at least 4 members (excludes halogenated alkanes) is 1. The highest BCUT2D eigenvalue weighted by atomic mass is 31.2. The maximum atomic E-state index is 13.3. The summed E-state index contributed by atoms with van der Waals surface area (Å²) in [7, 11) is -4.03. The highest BCUT2D eigenvalue weighted by Gasteiger charge is 2.57. The molecule has 5 rings (SSSR count). The van der Waals surface area contributed by atoms with Crippen LogP contribution in [0.5, 0.6) is 5.75 Å². The highest BCUT2D eigenvalue weighted by Crippen LogP contribution is 2.55. The molecule has 16 nitrogen and oxygen atoms in total. The quantitative estimate of drug-likeness (QED) is 0.210. The van der Waals surface area contributed by atoms with Crippen LogP contribution < -0.4 is 27.0 Å². The molecule has 3 aliphatic rings. The Morgan fingerprint density at radius 2 is 2.05 bits per heavy atom. The van der Waals surface area contributed by atoms with Crippen molar-refractivity contribution in [1.29, 1.82) is 0 Å². The molecule has 17 heteroatoms. The number of carbonyl (C=O) groups is 2. The van der Waals surface area contributed by atoms with Crippen molar-refractivity contribution in [3.8, 4) is 5.75 Å². The minimum absolute atomic E-state index is 0.0828. The van der Waals surface area contributed by atoms with E-state index in [9.17, 15) is 14.2 Å². The standard InChI is InChI=1S/C24H34N7O9P/c1-24(2)38-18-17(37-23(19(18)39-24)31-12-28-21(30-31)20(27)32)11-36-41(34)35-10-13-9-14(6-7-16(13)40-41)29-22(33)15(26)5-3-4-8-25/h6-7,9,12,15,17-19,23H,3-5,8,10-11,25-26H2,1-2H3,(H2,27,32)(H,29,33)/t15-,17+,18+,19+,23+,41?/m0/s1. The fraction of sp³-hybridized carbons (Fsp3) is 0.583. The van der Waals surface area contributed by atoms with Gasteiger partial charge in [0.15, 0.2) is 12.0 Å².